The number of rotatable bonds is 7. The van der Waals surface area contributed by atoms with Crippen molar-refractivity contribution < 1.29 is 19.1 Å². The molecule has 4 aromatic rings. The van der Waals surface area contributed by atoms with Gasteiger partial charge in [0.05, 0.1) is 29.1 Å². The summed E-state index contributed by atoms with van der Waals surface area (Å²) in [5.74, 6) is -0.575. The van der Waals surface area contributed by atoms with Gasteiger partial charge in [-0.1, -0.05) is 12.1 Å². The third-order valence-corrected chi connectivity index (χ3v) is 5.63. The second kappa shape index (κ2) is 9.22. The van der Waals surface area contributed by atoms with Crippen molar-refractivity contribution in [3.8, 4) is 11.4 Å². The molecule has 0 atom stereocenters. The van der Waals surface area contributed by atoms with Gasteiger partial charge in [0.2, 0.25) is 0 Å². The molecule has 2 heterocycles. The Morgan fingerprint density at radius 2 is 1.63 bits per heavy atom. The van der Waals surface area contributed by atoms with Crippen LogP contribution in [0.5, 0.6) is 5.75 Å². The molecule has 3 aromatic carbocycles. The fourth-order valence-electron chi connectivity index (χ4n) is 3.87. The lowest BCUT2D eigenvalue weighted by Crippen LogP contribution is -2.29. The van der Waals surface area contributed by atoms with Crippen molar-refractivity contribution in [2.45, 2.75) is 13.5 Å². The highest BCUT2D eigenvalue weighted by atomic mass is 16.5. The molecule has 0 saturated heterocycles. The molecule has 174 valence electrons. The Kier molecular flexibility index (Phi) is 5.80. The summed E-state index contributed by atoms with van der Waals surface area (Å²) in [5.41, 5.74) is 2.98. The molecule has 35 heavy (non-hydrogen) atoms. The third kappa shape index (κ3) is 4.26. The van der Waals surface area contributed by atoms with Crippen LogP contribution in [0.25, 0.3) is 5.69 Å². The first kappa shape index (κ1) is 22.0. The Balaban J connectivity index is 1.28. The summed E-state index contributed by atoms with van der Waals surface area (Å²) in [6.45, 7) is 2.70. The predicted molar refractivity (Wildman–Crippen MR) is 128 cm³/mol. The van der Waals surface area contributed by atoms with E-state index in [0.29, 0.717) is 30.2 Å². The van der Waals surface area contributed by atoms with Crippen LogP contribution in [-0.4, -0.2) is 39.1 Å². The molecule has 0 unspecified atom stereocenters. The van der Waals surface area contributed by atoms with Gasteiger partial charge >= 0.3 is 0 Å². The van der Waals surface area contributed by atoms with Crippen LogP contribution in [0.2, 0.25) is 0 Å². The number of carbonyl (C=O) groups excluding carboxylic acids is 3. The minimum absolute atomic E-state index is 0.203. The molecule has 0 saturated carbocycles. The number of carbonyl (C=O) groups is 3. The zero-order valence-electron chi connectivity index (χ0n) is 18.8. The van der Waals surface area contributed by atoms with Crippen LogP contribution in [-0.2, 0) is 6.54 Å². The van der Waals surface area contributed by atoms with E-state index in [1.54, 1.807) is 41.3 Å². The van der Waals surface area contributed by atoms with Crippen LogP contribution in [0.1, 0.15) is 43.6 Å². The molecule has 0 aliphatic carbocycles. The quantitative estimate of drug-likeness (QED) is 0.418. The summed E-state index contributed by atoms with van der Waals surface area (Å²) >= 11 is 0. The van der Waals surface area contributed by atoms with E-state index in [1.165, 1.54) is 18.5 Å². The highest BCUT2D eigenvalue weighted by molar-refractivity contribution is 6.34. The average molecular weight is 467 g/mol. The van der Waals surface area contributed by atoms with E-state index in [9.17, 15) is 14.4 Å². The standard InChI is InChI=1S/C26H21N5O4/c1-2-35-21-10-8-20(9-11-21)31-25(33)22-12-5-18(13-23(22)26(31)34)24(32)28-14-17-3-6-19(7-4-17)30-16-27-15-29-30/h3-13,15-16H,2,14H2,1H3,(H,28,32). The maximum Gasteiger partial charge on any atom is 0.266 e. The van der Waals surface area contributed by atoms with Gasteiger partial charge in [0.15, 0.2) is 0 Å². The molecule has 1 N–H and O–H groups in total. The van der Waals surface area contributed by atoms with Crippen molar-refractivity contribution in [1.82, 2.24) is 20.1 Å². The minimum atomic E-state index is -0.465. The fourth-order valence-corrected chi connectivity index (χ4v) is 3.87. The number of hydrogen-bond acceptors (Lipinski definition) is 6. The number of nitrogens with zero attached hydrogens (tertiary/aromatic N) is 4. The summed E-state index contributed by atoms with van der Waals surface area (Å²) in [6, 6.07) is 18.8. The first-order chi connectivity index (χ1) is 17.0. The van der Waals surface area contributed by atoms with E-state index >= 15 is 0 Å². The zero-order valence-corrected chi connectivity index (χ0v) is 18.8. The van der Waals surface area contributed by atoms with Crippen molar-refractivity contribution in [1.29, 1.82) is 0 Å². The number of nitrogens with one attached hydrogen (secondary N) is 1. The normalized spacial score (nSPS) is 12.5. The number of fused-ring (bicyclic) bond motifs is 1. The second-order valence-corrected chi connectivity index (χ2v) is 7.82. The van der Waals surface area contributed by atoms with Crippen LogP contribution in [0, 0.1) is 0 Å². The molecule has 0 radical (unpaired) electrons. The molecule has 9 nitrogen and oxygen atoms in total. The first-order valence-electron chi connectivity index (χ1n) is 11.0. The van der Waals surface area contributed by atoms with Crippen molar-refractivity contribution in [3.05, 3.63) is 102 Å². The lowest BCUT2D eigenvalue weighted by atomic mass is 10.1. The molecule has 1 aliphatic rings. The summed E-state index contributed by atoms with van der Waals surface area (Å²) in [5, 5.41) is 6.93. The number of hydrogen-bond donors (Lipinski definition) is 1. The first-order valence-corrected chi connectivity index (χ1v) is 11.0. The Hall–Kier alpha value is -4.79. The van der Waals surface area contributed by atoms with E-state index in [4.69, 9.17) is 4.74 Å². The summed E-state index contributed by atoms with van der Waals surface area (Å²) in [6.07, 6.45) is 3.06. The number of amides is 3. The zero-order chi connectivity index (χ0) is 24.4. The van der Waals surface area contributed by atoms with Gasteiger partial charge in [-0.3, -0.25) is 14.4 Å². The predicted octanol–water partition coefficient (Wildman–Crippen LogP) is 3.40. The summed E-state index contributed by atoms with van der Waals surface area (Å²) in [7, 11) is 0. The molecule has 5 rings (SSSR count). The van der Waals surface area contributed by atoms with Gasteiger partial charge in [0.25, 0.3) is 17.7 Å². The van der Waals surface area contributed by atoms with Crippen LogP contribution in [0.3, 0.4) is 0 Å². The van der Waals surface area contributed by atoms with Crippen LogP contribution < -0.4 is 15.0 Å². The molecule has 1 aliphatic heterocycles. The number of anilines is 1. The van der Waals surface area contributed by atoms with Crippen LogP contribution >= 0.6 is 0 Å². The Morgan fingerprint density at radius 1 is 0.914 bits per heavy atom. The number of aromatic nitrogens is 3. The smallest absolute Gasteiger partial charge is 0.266 e. The molecular formula is C26H21N5O4. The Labute approximate surface area is 201 Å². The lowest BCUT2D eigenvalue weighted by molar-refractivity contribution is 0.0923. The van der Waals surface area contributed by atoms with Gasteiger partial charge in [-0.15, -0.1) is 0 Å². The number of benzene rings is 3. The SMILES string of the molecule is CCOc1ccc(N2C(=O)c3ccc(C(=O)NCc4ccc(-n5cncn5)cc4)cc3C2=O)cc1. The molecule has 1 aromatic heterocycles. The van der Waals surface area contributed by atoms with Crippen LogP contribution in [0.4, 0.5) is 5.69 Å². The largest absolute Gasteiger partial charge is 0.494 e. The Bertz CT molecular complexity index is 1400. The molecule has 3 amide bonds. The van der Waals surface area contributed by atoms with Gasteiger partial charge in [0, 0.05) is 12.1 Å². The van der Waals surface area contributed by atoms with E-state index in [0.717, 1.165) is 16.2 Å². The number of imide groups is 1. The van der Waals surface area contributed by atoms with Gasteiger partial charge in [-0.25, -0.2) is 14.6 Å². The van der Waals surface area contributed by atoms with Gasteiger partial charge in [-0.05, 0) is 67.1 Å². The van der Waals surface area contributed by atoms with E-state index in [2.05, 4.69) is 15.4 Å². The minimum Gasteiger partial charge on any atom is -0.494 e. The van der Waals surface area contributed by atoms with Crippen molar-refractivity contribution in [3.63, 3.8) is 0 Å². The average Bonchev–Trinajstić information content (AvgIpc) is 3.51. The van der Waals surface area contributed by atoms with Gasteiger partial charge in [0.1, 0.15) is 18.4 Å². The molecular weight excluding hydrogens is 446 g/mol. The molecule has 0 fully saturated rings. The van der Waals surface area contributed by atoms with E-state index in [-0.39, 0.29) is 17.0 Å². The summed E-state index contributed by atoms with van der Waals surface area (Å²) in [4.78, 5) is 43.7. The maximum atomic E-state index is 13.0. The second-order valence-electron chi connectivity index (χ2n) is 7.82. The number of ether oxygens (including phenoxy) is 1. The summed E-state index contributed by atoms with van der Waals surface area (Å²) < 4.78 is 7.06. The van der Waals surface area contributed by atoms with Crippen molar-refractivity contribution in [2.75, 3.05) is 11.5 Å². The molecule has 0 bridgehead atoms. The van der Waals surface area contributed by atoms with Crippen LogP contribution in [0.15, 0.2) is 79.4 Å². The van der Waals surface area contributed by atoms with Gasteiger partial charge in [-0.2, -0.15) is 5.10 Å². The van der Waals surface area contributed by atoms with E-state index < -0.39 is 11.8 Å². The Morgan fingerprint density at radius 3 is 2.31 bits per heavy atom. The molecule has 0 spiro atoms. The highest BCUT2D eigenvalue weighted by Gasteiger charge is 2.37. The third-order valence-electron chi connectivity index (χ3n) is 5.63. The monoisotopic (exact) mass is 467 g/mol. The van der Waals surface area contributed by atoms with E-state index in [1.807, 2.05) is 31.2 Å². The molecule has 9 heteroatoms. The fraction of sp³-hybridized carbons (Fsp3) is 0.115. The maximum absolute atomic E-state index is 13.0. The van der Waals surface area contributed by atoms with Gasteiger partial charge < -0.3 is 10.1 Å². The topological polar surface area (TPSA) is 106 Å². The highest BCUT2D eigenvalue weighted by Crippen LogP contribution is 2.30. The van der Waals surface area contributed by atoms with Crippen molar-refractivity contribution >= 4 is 23.4 Å². The lowest BCUT2D eigenvalue weighted by Gasteiger charge is -2.14. The van der Waals surface area contributed by atoms with Crippen molar-refractivity contribution in [2.24, 2.45) is 0 Å².